The molecule has 2 heterocycles. The van der Waals surface area contributed by atoms with Gasteiger partial charge < -0.3 is 4.57 Å². The average Bonchev–Trinajstić information content (AvgIpc) is 3.56. The van der Waals surface area contributed by atoms with Gasteiger partial charge in [-0.3, -0.25) is 0 Å². The second-order valence-electron chi connectivity index (χ2n) is 12.5. The summed E-state index contributed by atoms with van der Waals surface area (Å²) in [6, 6.07) is 51.2. The molecule has 0 spiro atoms. The summed E-state index contributed by atoms with van der Waals surface area (Å²) in [7, 11) is 0. The van der Waals surface area contributed by atoms with Gasteiger partial charge in [-0.15, -0.1) is 0 Å². The van der Waals surface area contributed by atoms with Gasteiger partial charge in [0.25, 0.3) is 0 Å². The molecule has 0 aliphatic heterocycles. The first-order chi connectivity index (χ1) is 22.6. The van der Waals surface area contributed by atoms with Crippen molar-refractivity contribution in [2.75, 3.05) is 0 Å². The van der Waals surface area contributed by atoms with Crippen molar-refractivity contribution >= 4 is 21.8 Å². The van der Waals surface area contributed by atoms with Crippen LogP contribution >= 0.6 is 0 Å². The van der Waals surface area contributed by atoms with Gasteiger partial charge in [0.15, 0.2) is 17.5 Å². The van der Waals surface area contributed by atoms with Crippen LogP contribution in [0.1, 0.15) is 25.0 Å². The van der Waals surface area contributed by atoms with Crippen molar-refractivity contribution in [3.05, 3.63) is 157 Å². The van der Waals surface area contributed by atoms with Gasteiger partial charge in [0.05, 0.1) is 11.0 Å². The van der Waals surface area contributed by atoms with E-state index < -0.39 is 0 Å². The van der Waals surface area contributed by atoms with E-state index in [4.69, 9.17) is 15.0 Å². The lowest BCUT2D eigenvalue weighted by Gasteiger charge is -2.21. The maximum Gasteiger partial charge on any atom is 0.164 e. The van der Waals surface area contributed by atoms with E-state index in [-0.39, 0.29) is 5.41 Å². The molecule has 218 valence electrons. The Morgan fingerprint density at radius 3 is 1.74 bits per heavy atom. The normalized spacial score (nSPS) is 13.2. The van der Waals surface area contributed by atoms with Gasteiger partial charge in [-0.05, 0) is 52.6 Å². The third-order valence-electron chi connectivity index (χ3n) is 9.44. The van der Waals surface area contributed by atoms with Crippen LogP contribution in [0, 0.1) is 0 Å². The van der Waals surface area contributed by atoms with Gasteiger partial charge >= 0.3 is 0 Å². The van der Waals surface area contributed by atoms with Crippen LogP contribution in [0.5, 0.6) is 0 Å². The zero-order chi connectivity index (χ0) is 30.8. The molecule has 0 saturated heterocycles. The van der Waals surface area contributed by atoms with Crippen LogP contribution in [0.4, 0.5) is 0 Å². The Morgan fingerprint density at radius 1 is 0.435 bits per heavy atom. The third kappa shape index (κ3) is 4.04. The zero-order valence-corrected chi connectivity index (χ0v) is 25.6. The summed E-state index contributed by atoms with van der Waals surface area (Å²) in [5.74, 6) is 1.96. The summed E-state index contributed by atoms with van der Waals surface area (Å²) < 4.78 is 2.39. The molecule has 0 unspecified atom stereocenters. The van der Waals surface area contributed by atoms with Gasteiger partial charge in [0.2, 0.25) is 0 Å². The van der Waals surface area contributed by atoms with Gasteiger partial charge in [-0.25, -0.2) is 15.0 Å². The molecule has 0 fully saturated rings. The fraction of sp³-hybridized carbons (Fsp3) is 0.0714. The molecule has 8 aromatic rings. The van der Waals surface area contributed by atoms with E-state index >= 15 is 0 Å². The molecule has 0 N–H and O–H groups in total. The summed E-state index contributed by atoms with van der Waals surface area (Å²) in [5.41, 5.74) is 11.6. The molecule has 9 rings (SSSR count). The van der Waals surface area contributed by atoms with E-state index in [1.165, 1.54) is 44.1 Å². The van der Waals surface area contributed by atoms with Crippen molar-refractivity contribution in [2.45, 2.75) is 19.3 Å². The second-order valence-corrected chi connectivity index (χ2v) is 12.5. The highest BCUT2D eigenvalue weighted by molar-refractivity contribution is 6.11. The number of hydrogen-bond donors (Lipinski definition) is 0. The highest BCUT2D eigenvalue weighted by Crippen LogP contribution is 2.51. The summed E-state index contributed by atoms with van der Waals surface area (Å²) in [6.07, 6.45) is 0. The number of para-hydroxylation sites is 1. The first kappa shape index (κ1) is 26.5. The Balaban J connectivity index is 1.26. The van der Waals surface area contributed by atoms with Gasteiger partial charge in [0.1, 0.15) is 0 Å². The minimum atomic E-state index is -0.0875. The lowest BCUT2D eigenvalue weighted by atomic mass is 9.82. The number of aromatic nitrogens is 4. The van der Waals surface area contributed by atoms with Gasteiger partial charge in [-0.1, -0.05) is 129 Å². The Morgan fingerprint density at radius 2 is 1.02 bits per heavy atom. The van der Waals surface area contributed by atoms with Crippen LogP contribution in [0.25, 0.3) is 72.8 Å². The molecule has 0 bridgehead atoms. The molecule has 4 nitrogen and oxygen atoms in total. The third-order valence-corrected chi connectivity index (χ3v) is 9.44. The topological polar surface area (TPSA) is 43.6 Å². The van der Waals surface area contributed by atoms with Gasteiger partial charge in [-0.2, -0.15) is 0 Å². The van der Waals surface area contributed by atoms with Gasteiger partial charge in [0, 0.05) is 38.6 Å². The zero-order valence-electron chi connectivity index (χ0n) is 25.6. The Labute approximate surface area is 267 Å². The van der Waals surface area contributed by atoms with E-state index in [0.717, 1.165) is 22.4 Å². The first-order valence-electron chi connectivity index (χ1n) is 15.7. The van der Waals surface area contributed by atoms with Crippen LogP contribution < -0.4 is 0 Å². The highest BCUT2D eigenvalue weighted by atomic mass is 15.0. The maximum atomic E-state index is 5.00. The second kappa shape index (κ2) is 10.1. The lowest BCUT2D eigenvalue weighted by Crippen LogP contribution is -2.14. The fourth-order valence-electron chi connectivity index (χ4n) is 7.16. The molecular formula is C42H30N4. The Hall–Kier alpha value is -5.87. The average molecular weight is 591 g/mol. The Kier molecular flexibility index (Phi) is 5.81. The Bertz CT molecular complexity index is 2380. The quantitative estimate of drug-likeness (QED) is 0.205. The molecule has 2 aromatic heterocycles. The van der Waals surface area contributed by atoms with E-state index in [2.05, 4.69) is 103 Å². The molecule has 46 heavy (non-hydrogen) atoms. The molecule has 6 aromatic carbocycles. The highest BCUT2D eigenvalue weighted by Gasteiger charge is 2.36. The maximum absolute atomic E-state index is 5.00. The molecule has 0 radical (unpaired) electrons. The lowest BCUT2D eigenvalue weighted by molar-refractivity contribution is 0.661. The van der Waals surface area contributed by atoms with E-state index in [9.17, 15) is 0 Å². The van der Waals surface area contributed by atoms with Crippen molar-refractivity contribution in [1.29, 1.82) is 0 Å². The number of rotatable bonds is 4. The smallest absolute Gasteiger partial charge is 0.164 e. The van der Waals surface area contributed by atoms with Crippen molar-refractivity contribution in [2.24, 2.45) is 0 Å². The van der Waals surface area contributed by atoms with Crippen LogP contribution in [0.3, 0.4) is 0 Å². The molecule has 0 saturated carbocycles. The number of hydrogen-bond acceptors (Lipinski definition) is 3. The molecule has 0 amide bonds. The SMILES string of the molecule is CC1(C)c2ccccc2-c2cc3c4ccccc4n(-c4cccc(-c5nc(-c6ccccc6)nc(-c6ccccc6)n5)c4)c3cc21. The number of benzene rings is 6. The summed E-state index contributed by atoms with van der Waals surface area (Å²) in [6.45, 7) is 4.68. The van der Waals surface area contributed by atoms with E-state index in [1.807, 2.05) is 60.7 Å². The predicted molar refractivity (Wildman–Crippen MR) is 188 cm³/mol. The summed E-state index contributed by atoms with van der Waals surface area (Å²) in [4.78, 5) is 14.9. The first-order valence-corrected chi connectivity index (χ1v) is 15.7. The largest absolute Gasteiger partial charge is 0.309 e. The van der Waals surface area contributed by atoms with Crippen molar-refractivity contribution in [3.8, 4) is 51.0 Å². The van der Waals surface area contributed by atoms with E-state index in [0.29, 0.717) is 17.5 Å². The molecular weight excluding hydrogens is 560 g/mol. The monoisotopic (exact) mass is 590 g/mol. The standard InChI is InChI=1S/C42H30N4/c1-42(2)35-22-11-9-20-31(35)33-25-34-32-21-10-12-23-37(32)46(38(34)26-36(33)42)30-19-13-18-29(24-30)41-44-39(27-14-5-3-6-15-27)43-40(45-41)28-16-7-4-8-17-28/h3-26H,1-2H3. The van der Waals surface area contributed by atoms with Crippen molar-refractivity contribution < 1.29 is 0 Å². The van der Waals surface area contributed by atoms with Crippen LogP contribution in [-0.2, 0) is 5.41 Å². The molecule has 1 aliphatic carbocycles. The molecule has 4 heteroatoms. The minimum Gasteiger partial charge on any atom is -0.309 e. The van der Waals surface area contributed by atoms with Crippen LogP contribution in [-0.4, -0.2) is 19.5 Å². The molecule has 0 atom stereocenters. The number of nitrogens with zero attached hydrogens (tertiary/aromatic N) is 4. The minimum absolute atomic E-state index is 0.0875. The summed E-state index contributed by atoms with van der Waals surface area (Å²) in [5, 5.41) is 2.50. The van der Waals surface area contributed by atoms with Crippen molar-refractivity contribution in [3.63, 3.8) is 0 Å². The van der Waals surface area contributed by atoms with Crippen LogP contribution in [0.15, 0.2) is 146 Å². The molecule has 1 aliphatic rings. The van der Waals surface area contributed by atoms with E-state index in [1.54, 1.807) is 0 Å². The number of fused-ring (bicyclic) bond motifs is 6. The summed E-state index contributed by atoms with van der Waals surface area (Å²) >= 11 is 0. The van der Waals surface area contributed by atoms with Crippen LogP contribution in [0.2, 0.25) is 0 Å². The predicted octanol–water partition coefficient (Wildman–Crippen LogP) is 10.3. The van der Waals surface area contributed by atoms with Crippen molar-refractivity contribution in [1.82, 2.24) is 19.5 Å². The fourth-order valence-corrected chi connectivity index (χ4v) is 7.16.